The summed E-state index contributed by atoms with van der Waals surface area (Å²) in [7, 11) is 0.917. The highest BCUT2D eigenvalue weighted by Gasteiger charge is 1.00. The maximum atomic E-state index is 4.12. The molecule has 0 aromatic carbocycles. The van der Waals surface area contributed by atoms with Gasteiger partial charge in [0.15, 0.2) is 0 Å². The fourth-order valence-corrected chi connectivity index (χ4v) is 0. The first-order chi connectivity index (χ1) is 2.41. The van der Waals surface area contributed by atoms with E-state index < -0.39 is 0 Å². The molecule has 0 N–H and O–H groups in total. The molecule has 0 nitrogen and oxygen atoms in total. The van der Waals surface area contributed by atoms with Crippen molar-refractivity contribution in [2.24, 2.45) is 0 Å². The Morgan fingerprint density at radius 2 is 0.857 bits per heavy atom. The van der Waals surface area contributed by atoms with Crippen molar-refractivity contribution in [1.82, 2.24) is 0 Å². The van der Waals surface area contributed by atoms with Crippen LogP contribution < -0.4 is 0 Å². The van der Waals surface area contributed by atoms with Gasteiger partial charge in [0.1, 0.15) is 0 Å². The van der Waals surface area contributed by atoms with Crippen molar-refractivity contribution >= 4 is 80.6 Å². The molecule has 0 heterocycles. The van der Waals surface area contributed by atoms with E-state index in [1.807, 2.05) is 0 Å². The standard InChI is InChI=1S/S3.S2.2H2S/c1-3-2;1-2;;/h;;2*1H2. The van der Waals surface area contributed by atoms with Gasteiger partial charge in [-0.1, -0.05) is 0 Å². The van der Waals surface area contributed by atoms with E-state index in [0.717, 1.165) is 8.88 Å². The molecule has 0 aliphatic carbocycles. The maximum Gasteiger partial charge on any atom is 0 e. The van der Waals surface area contributed by atoms with E-state index in [2.05, 4.69) is 44.8 Å². The summed E-state index contributed by atoms with van der Waals surface area (Å²) in [5, 5.41) is 0. The zero-order chi connectivity index (χ0) is 4.71. The van der Waals surface area contributed by atoms with Gasteiger partial charge in [-0.2, -0.15) is 27.0 Å². The lowest BCUT2D eigenvalue weighted by Crippen LogP contribution is -1.00. The molecule has 0 spiro atoms. The Bertz CT molecular complexity index is 29.3. The van der Waals surface area contributed by atoms with Crippen LogP contribution in [0.15, 0.2) is 0 Å². The molecule has 0 aromatic rings. The molecular weight excluding hydrogens is 224 g/mol. The monoisotopic (exact) mass is 228 g/mol. The average Bonchev–Trinajstić information content (AvgIpc) is 1.46. The average molecular weight is 229 g/mol. The third kappa shape index (κ3) is 81.0. The van der Waals surface area contributed by atoms with Gasteiger partial charge in [0, 0.05) is 53.6 Å². The van der Waals surface area contributed by atoms with E-state index >= 15 is 0 Å². The van der Waals surface area contributed by atoms with Crippen LogP contribution in [0.3, 0.4) is 0 Å². The Morgan fingerprint density at radius 3 is 0.857 bits per heavy atom. The fourth-order valence-electron chi connectivity index (χ4n) is 0. The second kappa shape index (κ2) is 46.0. The summed E-state index contributed by atoms with van der Waals surface area (Å²) >= 11 is 15.6. The first-order valence-corrected chi connectivity index (χ1v) is 4.50. The topological polar surface area (TPSA) is 0 Å². The van der Waals surface area contributed by atoms with Crippen molar-refractivity contribution in [2.75, 3.05) is 0 Å². The minimum atomic E-state index is 0. The summed E-state index contributed by atoms with van der Waals surface area (Å²) in [5.41, 5.74) is 0. The van der Waals surface area contributed by atoms with Crippen LogP contribution in [0.5, 0.6) is 0 Å². The van der Waals surface area contributed by atoms with Crippen molar-refractivity contribution in [2.45, 2.75) is 0 Å². The van der Waals surface area contributed by atoms with E-state index in [4.69, 9.17) is 0 Å². The molecule has 0 amide bonds. The predicted molar refractivity (Wildman–Crippen MR) is 57.6 cm³/mol. The lowest BCUT2D eigenvalue weighted by atomic mass is 31.1. The molecule has 0 saturated carbocycles. The molecule has 7 heavy (non-hydrogen) atoms. The van der Waals surface area contributed by atoms with Crippen LogP contribution in [0.25, 0.3) is 0 Å². The summed E-state index contributed by atoms with van der Waals surface area (Å²) in [4.78, 5) is 0. The van der Waals surface area contributed by atoms with Gasteiger partial charge in [0.25, 0.3) is 0 Å². The third-order valence-electron chi connectivity index (χ3n) is 0. The van der Waals surface area contributed by atoms with Crippen LogP contribution in [0.4, 0.5) is 0 Å². The maximum absolute atomic E-state index is 4.12. The second-order valence-corrected chi connectivity index (χ2v) is 1.84. The van der Waals surface area contributed by atoms with Crippen LogP contribution in [-0.4, -0.2) is 0 Å². The summed E-state index contributed by atoms with van der Waals surface area (Å²) in [6, 6.07) is 0. The van der Waals surface area contributed by atoms with Crippen LogP contribution in [0.2, 0.25) is 0 Å². The Labute approximate surface area is 79.9 Å². The van der Waals surface area contributed by atoms with Gasteiger partial charge in [-0.15, -0.1) is 0 Å². The molecule has 0 radical (unpaired) electrons. The van der Waals surface area contributed by atoms with Gasteiger partial charge in [-0.3, -0.25) is 0 Å². The number of hydrogen-bond acceptors (Lipinski definition) is 4. The molecular formula is H4S7. The molecule has 0 unspecified atom stereocenters. The highest BCUT2D eigenvalue weighted by Crippen LogP contribution is 0.998. The van der Waals surface area contributed by atoms with Crippen LogP contribution in [0.1, 0.15) is 0 Å². The van der Waals surface area contributed by atoms with Crippen molar-refractivity contribution in [3.8, 4) is 0 Å². The van der Waals surface area contributed by atoms with Gasteiger partial charge < -0.3 is 0 Å². The summed E-state index contributed by atoms with van der Waals surface area (Å²) in [5.74, 6) is 0. The summed E-state index contributed by atoms with van der Waals surface area (Å²) < 4.78 is 0. The molecule has 0 aromatic heterocycles. The second-order valence-electron chi connectivity index (χ2n) is 0.0680. The molecule has 0 saturated heterocycles. The Balaban J connectivity index is -0.0000000105. The summed E-state index contributed by atoms with van der Waals surface area (Å²) in [6.45, 7) is 0. The molecule has 7 heteroatoms. The van der Waals surface area contributed by atoms with Crippen molar-refractivity contribution < 1.29 is 0 Å². The molecule has 0 rings (SSSR count). The predicted octanol–water partition coefficient (Wildman–Crippen LogP) is 0.214. The van der Waals surface area contributed by atoms with Crippen molar-refractivity contribution in [1.29, 1.82) is 0 Å². The van der Waals surface area contributed by atoms with Crippen LogP contribution >= 0.6 is 27.0 Å². The van der Waals surface area contributed by atoms with E-state index in [0.29, 0.717) is 0 Å². The molecule has 0 aliphatic heterocycles. The molecule has 0 aliphatic rings. The van der Waals surface area contributed by atoms with E-state index in [-0.39, 0.29) is 27.0 Å². The van der Waals surface area contributed by atoms with Gasteiger partial charge in [0.05, 0.1) is 0 Å². The zero-order valence-electron chi connectivity index (χ0n) is 3.04. The highest BCUT2D eigenvalue weighted by molar-refractivity contribution is 8.37. The molecule has 0 atom stereocenters. The largest absolute Gasteiger partial charge is 0.197 e. The smallest absolute Gasteiger partial charge is 0 e. The first kappa shape index (κ1) is 23.2. The van der Waals surface area contributed by atoms with Crippen LogP contribution in [0, 0.1) is 0 Å². The zero-order valence-corrected chi connectivity index (χ0v) is 9.12. The molecule has 0 bridgehead atoms. The van der Waals surface area contributed by atoms with Crippen molar-refractivity contribution in [3.63, 3.8) is 0 Å². The summed E-state index contributed by atoms with van der Waals surface area (Å²) in [6.07, 6.45) is 0. The van der Waals surface area contributed by atoms with Crippen LogP contribution in [-0.2, 0) is 53.6 Å². The number of hydrogen-bond donors (Lipinski definition) is 0. The van der Waals surface area contributed by atoms with E-state index in [1.54, 1.807) is 0 Å². The SMILES string of the molecule is S.S.S=S.S=S=S. The fraction of sp³-hybridized carbons (Fsp3) is 0. The molecule has 46 valence electrons. The third-order valence-corrected chi connectivity index (χ3v) is 0. The first-order valence-electron chi connectivity index (χ1n) is 0.500. The Hall–Kier alpha value is 1.80. The number of rotatable bonds is 0. The highest BCUT2D eigenvalue weighted by atomic mass is 33.1. The van der Waals surface area contributed by atoms with Gasteiger partial charge >= 0.3 is 0 Å². The Kier molecular flexibility index (Phi) is 153. The quantitative estimate of drug-likeness (QED) is 0.581. The van der Waals surface area contributed by atoms with E-state index in [9.17, 15) is 0 Å². The van der Waals surface area contributed by atoms with Crippen molar-refractivity contribution in [3.05, 3.63) is 0 Å². The Morgan fingerprint density at radius 1 is 0.857 bits per heavy atom. The van der Waals surface area contributed by atoms with Gasteiger partial charge in [-0.25, -0.2) is 0 Å². The lowest BCUT2D eigenvalue weighted by Gasteiger charge is -1.000. The minimum Gasteiger partial charge on any atom is -0.197 e. The van der Waals surface area contributed by atoms with E-state index in [1.165, 1.54) is 0 Å². The van der Waals surface area contributed by atoms with Gasteiger partial charge in [0.2, 0.25) is 0 Å². The normalized spacial score (nSPS) is 2.29. The lowest BCUT2D eigenvalue weighted by molar-refractivity contribution is 6.37. The van der Waals surface area contributed by atoms with Gasteiger partial charge in [-0.05, 0) is 0 Å². The molecule has 0 fully saturated rings. The minimum absolute atomic E-state index is 0.